The number of thiophene rings is 1. The summed E-state index contributed by atoms with van der Waals surface area (Å²) in [4.78, 5) is 3.41. The lowest BCUT2D eigenvalue weighted by Crippen LogP contribution is -2.27. The van der Waals surface area contributed by atoms with Gasteiger partial charge in [-0.25, -0.2) is 13.6 Å². The van der Waals surface area contributed by atoms with Gasteiger partial charge in [0, 0.05) is 16.6 Å². The molecule has 0 amide bonds. The van der Waals surface area contributed by atoms with Crippen LogP contribution >= 0.6 is 11.3 Å². The van der Waals surface area contributed by atoms with Gasteiger partial charge < -0.3 is 10.6 Å². The van der Waals surface area contributed by atoms with Gasteiger partial charge in [-0.2, -0.15) is 0 Å². The number of primary sulfonamides is 1. The number of anilines is 2. The molecule has 0 bridgehead atoms. The topological polar surface area (TPSA) is 89.4 Å². The van der Waals surface area contributed by atoms with Crippen molar-refractivity contribution in [2.45, 2.75) is 30.3 Å². The summed E-state index contributed by atoms with van der Waals surface area (Å²) in [6, 6.07) is 9.32. The fourth-order valence-corrected chi connectivity index (χ4v) is 3.84. The van der Waals surface area contributed by atoms with E-state index in [2.05, 4.69) is 4.90 Å². The molecule has 0 unspecified atom stereocenters. The smallest absolute Gasteiger partial charge is 0.240 e. The minimum Gasteiger partial charge on any atom is -0.399 e. The summed E-state index contributed by atoms with van der Waals surface area (Å²) in [7, 11) is -3.80. The van der Waals surface area contributed by atoms with Crippen molar-refractivity contribution in [3.05, 3.63) is 40.6 Å². The monoisotopic (exact) mass is 323 g/mol. The minimum atomic E-state index is -3.80. The first kappa shape index (κ1) is 14.4. The van der Waals surface area contributed by atoms with E-state index in [1.165, 1.54) is 10.9 Å². The Morgan fingerprint density at radius 3 is 2.62 bits per heavy atom. The van der Waals surface area contributed by atoms with E-state index < -0.39 is 10.0 Å². The molecule has 1 aromatic heterocycles. The molecule has 7 heteroatoms. The molecule has 0 radical (unpaired) electrons. The Hall–Kier alpha value is -1.57. The van der Waals surface area contributed by atoms with Gasteiger partial charge in [0.2, 0.25) is 10.0 Å². The Balaban J connectivity index is 2.03. The molecule has 1 fully saturated rings. The third-order valence-corrected chi connectivity index (χ3v) is 5.29. The van der Waals surface area contributed by atoms with Crippen LogP contribution in [0.25, 0.3) is 0 Å². The van der Waals surface area contributed by atoms with E-state index in [-0.39, 0.29) is 4.90 Å². The molecule has 1 saturated carbocycles. The van der Waals surface area contributed by atoms with Crippen LogP contribution in [-0.4, -0.2) is 14.5 Å². The van der Waals surface area contributed by atoms with Gasteiger partial charge in [0.1, 0.15) is 4.90 Å². The summed E-state index contributed by atoms with van der Waals surface area (Å²) in [5.74, 6) is 0. The molecule has 1 aliphatic carbocycles. The lowest BCUT2D eigenvalue weighted by atomic mass is 10.2. The van der Waals surface area contributed by atoms with Crippen LogP contribution in [0, 0.1) is 0 Å². The number of hydrogen-bond acceptors (Lipinski definition) is 5. The van der Waals surface area contributed by atoms with Gasteiger partial charge in [-0.1, -0.05) is 6.07 Å². The molecule has 1 heterocycles. The number of rotatable bonds is 5. The number of sulfonamides is 1. The van der Waals surface area contributed by atoms with Gasteiger partial charge in [-0.3, -0.25) is 0 Å². The van der Waals surface area contributed by atoms with Crippen LogP contribution in [0.4, 0.5) is 11.4 Å². The highest BCUT2D eigenvalue weighted by Gasteiger charge is 2.32. The van der Waals surface area contributed by atoms with Crippen molar-refractivity contribution in [2.24, 2.45) is 5.14 Å². The maximum Gasteiger partial charge on any atom is 0.240 e. The third kappa shape index (κ3) is 3.20. The van der Waals surface area contributed by atoms with Crippen molar-refractivity contribution in [3.63, 3.8) is 0 Å². The van der Waals surface area contributed by atoms with Crippen LogP contribution in [0.3, 0.4) is 0 Å². The molecular weight excluding hydrogens is 306 g/mol. The first-order valence-electron chi connectivity index (χ1n) is 6.66. The molecular formula is C14H17N3O2S2. The zero-order valence-corrected chi connectivity index (χ0v) is 13.0. The predicted molar refractivity (Wildman–Crippen MR) is 85.8 cm³/mol. The Labute approximate surface area is 128 Å². The molecule has 0 spiro atoms. The van der Waals surface area contributed by atoms with Crippen molar-refractivity contribution < 1.29 is 8.42 Å². The Morgan fingerprint density at radius 2 is 2.05 bits per heavy atom. The lowest BCUT2D eigenvalue weighted by Gasteiger charge is -2.26. The predicted octanol–water partition coefficient (Wildman–Crippen LogP) is 2.15. The van der Waals surface area contributed by atoms with Gasteiger partial charge in [0.25, 0.3) is 0 Å². The summed E-state index contributed by atoms with van der Waals surface area (Å²) in [6.07, 6.45) is 2.14. The van der Waals surface area contributed by atoms with Gasteiger partial charge in [-0.05, 0) is 42.5 Å². The van der Waals surface area contributed by atoms with Gasteiger partial charge in [0.05, 0.1) is 12.2 Å². The molecule has 1 aromatic carbocycles. The molecule has 112 valence electrons. The van der Waals surface area contributed by atoms with Crippen LogP contribution in [0.2, 0.25) is 0 Å². The van der Waals surface area contributed by atoms with E-state index in [1.807, 2.05) is 17.5 Å². The maximum absolute atomic E-state index is 11.9. The van der Waals surface area contributed by atoms with Gasteiger partial charge >= 0.3 is 0 Å². The van der Waals surface area contributed by atoms with Crippen LogP contribution < -0.4 is 15.8 Å². The molecule has 3 rings (SSSR count). The summed E-state index contributed by atoms with van der Waals surface area (Å²) < 4.78 is 23.7. The highest BCUT2D eigenvalue weighted by atomic mass is 32.2. The molecule has 1 aliphatic rings. The molecule has 0 aliphatic heterocycles. The molecule has 0 atom stereocenters. The summed E-state index contributed by atoms with van der Waals surface area (Å²) in [5.41, 5.74) is 6.75. The maximum atomic E-state index is 11.9. The number of nitrogen functional groups attached to an aromatic ring is 1. The number of nitrogens with zero attached hydrogens (tertiary/aromatic N) is 1. The highest BCUT2D eigenvalue weighted by Crippen LogP contribution is 2.37. The molecule has 2 aromatic rings. The van der Waals surface area contributed by atoms with Crippen molar-refractivity contribution in [2.75, 3.05) is 10.6 Å². The second-order valence-electron chi connectivity index (χ2n) is 5.21. The normalized spacial score (nSPS) is 15.1. The Morgan fingerprint density at radius 1 is 1.29 bits per heavy atom. The lowest BCUT2D eigenvalue weighted by molar-refractivity contribution is 0.597. The first-order chi connectivity index (χ1) is 9.95. The Kier molecular flexibility index (Phi) is 3.64. The third-order valence-electron chi connectivity index (χ3n) is 3.49. The molecule has 21 heavy (non-hydrogen) atoms. The van der Waals surface area contributed by atoms with E-state index in [4.69, 9.17) is 10.9 Å². The van der Waals surface area contributed by atoms with Gasteiger partial charge in [-0.15, -0.1) is 11.3 Å². The van der Waals surface area contributed by atoms with E-state index >= 15 is 0 Å². The second kappa shape index (κ2) is 5.32. The second-order valence-corrected chi connectivity index (χ2v) is 7.77. The van der Waals surface area contributed by atoms with Gasteiger partial charge in [0.15, 0.2) is 0 Å². The molecule has 4 N–H and O–H groups in total. The quantitative estimate of drug-likeness (QED) is 0.825. The van der Waals surface area contributed by atoms with Crippen molar-refractivity contribution >= 4 is 32.7 Å². The van der Waals surface area contributed by atoms with E-state index in [9.17, 15) is 8.42 Å². The standard InChI is InChI=1S/C14H17N3O2S2/c15-10-3-6-13(14(8-10)21(16,18)19)17(11-4-5-11)9-12-2-1-7-20-12/h1-3,6-8,11H,4-5,9,15H2,(H2,16,18,19). The van der Waals surface area contributed by atoms with E-state index in [0.29, 0.717) is 24.0 Å². The van der Waals surface area contributed by atoms with Crippen LogP contribution in [0.15, 0.2) is 40.6 Å². The average molecular weight is 323 g/mol. The van der Waals surface area contributed by atoms with Crippen LogP contribution in [0.5, 0.6) is 0 Å². The largest absolute Gasteiger partial charge is 0.399 e. The Bertz CT molecular complexity index is 738. The van der Waals surface area contributed by atoms with E-state index in [1.54, 1.807) is 23.5 Å². The number of hydrogen-bond donors (Lipinski definition) is 2. The number of nitrogens with two attached hydrogens (primary N) is 2. The minimum absolute atomic E-state index is 0.103. The SMILES string of the molecule is Nc1ccc(N(Cc2cccs2)C2CC2)c(S(N)(=O)=O)c1. The zero-order chi connectivity index (χ0) is 15.0. The fraction of sp³-hybridized carbons (Fsp3) is 0.286. The van der Waals surface area contributed by atoms with Crippen LogP contribution in [-0.2, 0) is 16.6 Å². The summed E-state index contributed by atoms with van der Waals surface area (Å²) in [6.45, 7) is 0.689. The highest BCUT2D eigenvalue weighted by molar-refractivity contribution is 7.89. The summed E-state index contributed by atoms with van der Waals surface area (Å²) in [5, 5.41) is 7.37. The van der Waals surface area contributed by atoms with Crippen LogP contribution in [0.1, 0.15) is 17.7 Å². The van der Waals surface area contributed by atoms with Crippen molar-refractivity contribution in [1.82, 2.24) is 0 Å². The fourth-order valence-electron chi connectivity index (χ4n) is 2.36. The molecule has 0 saturated heterocycles. The van der Waals surface area contributed by atoms with Crippen molar-refractivity contribution in [1.29, 1.82) is 0 Å². The zero-order valence-electron chi connectivity index (χ0n) is 11.4. The molecule has 5 nitrogen and oxygen atoms in total. The average Bonchev–Trinajstić information content (AvgIpc) is 3.13. The summed E-state index contributed by atoms with van der Waals surface area (Å²) >= 11 is 1.66. The van der Waals surface area contributed by atoms with Crippen molar-refractivity contribution in [3.8, 4) is 0 Å². The van der Waals surface area contributed by atoms with E-state index in [0.717, 1.165) is 12.8 Å². The first-order valence-corrected chi connectivity index (χ1v) is 9.09. The number of benzene rings is 1.